The third-order valence-corrected chi connectivity index (χ3v) is 3.82. The molecule has 144 valence electrons. The lowest BCUT2D eigenvalue weighted by molar-refractivity contribution is -0.881. The third kappa shape index (κ3) is 7.52. The quantitative estimate of drug-likeness (QED) is 0.435. The molecule has 0 aliphatic rings. The van der Waals surface area contributed by atoms with Crippen LogP contribution in [0.4, 0.5) is 5.69 Å². The van der Waals surface area contributed by atoms with Gasteiger partial charge in [-0.3, -0.25) is 14.4 Å². The van der Waals surface area contributed by atoms with E-state index < -0.39 is 6.04 Å². The minimum atomic E-state index is -0.603. The number of methoxy groups -OCH3 is 1. The number of nitrogens with one attached hydrogen (secondary N) is 4. The highest BCUT2D eigenvalue weighted by molar-refractivity contribution is 5.91. The van der Waals surface area contributed by atoms with Crippen LogP contribution in [-0.2, 0) is 14.4 Å². The second kappa shape index (κ2) is 11.1. The van der Waals surface area contributed by atoms with Crippen LogP contribution in [0.5, 0.6) is 5.75 Å². The van der Waals surface area contributed by atoms with Crippen molar-refractivity contribution in [1.29, 1.82) is 0 Å². The minimum absolute atomic E-state index is 0.121. The number of quaternary nitrogens is 1. The topological polar surface area (TPSA) is 101 Å². The Labute approximate surface area is 154 Å². The Morgan fingerprint density at radius 3 is 2.23 bits per heavy atom. The zero-order chi connectivity index (χ0) is 19.5. The number of ether oxygens (including phenoxy) is 1. The zero-order valence-corrected chi connectivity index (χ0v) is 15.8. The predicted octanol–water partition coefficient (Wildman–Crippen LogP) is -0.821. The number of amides is 3. The number of carbonyl (C=O) groups excluding carboxylic acids is 3. The van der Waals surface area contributed by atoms with Crippen LogP contribution in [0.2, 0.25) is 0 Å². The molecule has 0 radical (unpaired) electrons. The first kappa shape index (κ1) is 21.4. The summed E-state index contributed by atoms with van der Waals surface area (Å²) in [4.78, 5) is 36.7. The second-order valence-corrected chi connectivity index (χ2v) is 5.92. The summed E-state index contributed by atoms with van der Waals surface area (Å²) in [6, 6.07) is 6.42. The zero-order valence-electron chi connectivity index (χ0n) is 15.8. The summed E-state index contributed by atoms with van der Waals surface area (Å²) in [6.07, 6.45) is 0. The lowest BCUT2D eigenvalue weighted by Gasteiger charge is -2.19. The molecule has 2 atom stereocenters. The molecule has 0 aromatic heterocycles. The van der Waals surface area contributed by atoms with Gasteiger partial charge in [-0.15, -0.1) is 0 Å². The van der Waals surface area contributed by atoms with Crippen molar-refractivity contribution in [1.82, 2.24) is 10.6 Å². The number of hydrogen-bond acceptors (Lipinski definition) is 4. The summed E-state index contributed by atoms with van der Waals surface area (Å²) in [6.45, 7) is 6.75. The van der Waals surface area contributed by atoms with E-state index in [2.05, 4.69) is 16.0 Å². The molecule has 0 spiro atoms. The van der Waals surface area contributed by atoms with Crippen LogP contribution in [0.15, 0.2) is 24.3 Å². The molecule has 1 aromatic carbocycles. The standard InChI is InChI=1S/C18H28N4O4/c1-5-19-18(25)13(3)20-16(23)11-22(6-2)12-17(24)21-14-7-9-15(26-4)10-8-14/h7-10,13H,5-6,11-12H2,1-4H3,(H,19,25)(H,20,23)(H,21,24)/p+1/t13-/m1/s1. The Balaban J connectivity index is 2.48. The van der Waals surface area contributed by atoms with Gasteiger partial charge in [-0.25, -0.2) is 0 Å². The molecular formula is C18H29N4O4+. The van der Waals surface area contributed by atoms with E-state index >= 15 is 0 Å². The van der Waals surface area contributed by atoms with Crippen molar-refractivity contribution in [3.8, 4) is 5.75 Å². The first-order valence-electron chi connectivity index (χ1n) is 8.74. The highest BCUT2D eigenvalue weighted by Crippen LogP contribution is 2.14. The Hall–Kier alpha value is -2.61. The third-order valence-electron chi connectivity index (χ3n) is 3.82. The number of rotatable bonds is 10. The second-order valence-electron chi connectivity index (χ2n) is 5.92. The van der Waals surface area contributed by atoms with E-state index in [1.54, 1.807) is 38.3 Å². The van der Waals surface area contributed by atoms with Crippen LogP contribution < -0.4 is 25.6 Å². The summed E-state index contributed by atoms with van der Waals surface area (Å²) in [5.41, 5.74) is 0.667. The molecule has 26 heavy (non-hydrogen) atoms. The van der Waals surface area contributed by atoms with Crippen LogP contribution >= 0.6 is 0 Å². The molecule has 8 nitrogen and oxygen atoms in total. The van der Waals surface area contributed by atoms with Crippen molar-refractivity contribution in [2.24, 2.45) is 0 Å². The van der Waals surface area contributed by atoms with Gasteiger partial charge in [0.1, 0.15) is 11.8 Å². The summed E-state index contributed by atoms with van der Waals surface area (Å²) in [5, 5.41) is 8.10. The van der Waals surface area contributed by atoms with Crippen molar-refractivity contribution < 1.29 is 24.0 Å². The summed E-state index contributed by atoms with van der Waals surface area (Å²) >= 11 is 0. The molecule has 8 heteroatoms. The van der Waals surface area contributed by atoms with Crippen molar-refractivity contribution in [3.05, 3.63) is 24.3 Å². The van der Waals surface area contributed by atoms with E-state index in [0.29, 0.717) is 24.5 Å². The van der Waals surface area contributed by atoms with Gasteiger partial charge >= 0.3 is 0 Å². The minimum Gasteiger partial charge on any atom is -0.497 e. The van der Waals surface area contributed by atoms with E-state index in [1.807, 2.05) is 13.8 Å². The smallest absolute Gasteiger partial charge is 0.279 e. The largest absolute Gasteiger partial charge is 0.497 e. The Morgan fingerprint density at radius 2 is 1.69 bits per heavy atom. The summed E-state index contributed by atoms with van der Waals surface area (Å²) < 4.78 is 5.07. The highest BCUT2D eigenvalue weighted by Gasteiger charge is 2.20. The fraction of sp³-hybridized carbons (Fsp3) is 0.500. The van der Waals surface area contributed by atoms with Crippen LogP contribution in [0.25, 0.3) is 0 Å². The lowest BCUT2D eigenvalue weighted by atomic mass is 10.3. The Bertz CT molecular complexity index is 604. The maximum absolute atomic E-state index is 12.2. The van der Waals surface area contributed by atoms with Gasteiger partial charge < -0.3 is 25.6 Å². The van der Waals surface area contributed by atoms with E-state index in [9.17, 15) is 14.4 Å². The summed E-state index contributed by atoms with van der Waals surface area (Å²) in [7, 11) is 1.58. The van der Waals surface area contributed by atoms with Crippen LogP contribution in [0.1, 0.15) is 20.8 Å². The molecule has 0 saturated carbocycles. The maximum Gasteiger partial charge on any atom is 0.279 e. The molecule has 1 rings (SSSR count). The molecule has 0 aliphatic heterocycles. The molecule has 0 aliphatic carbocycles. The molecule has 1 unspecified atom stereocenters. The Morgan fingerprint density at radius 1 is 1.08 bits per heavy atom. The number of hydrogen-bond donors (Lipinski definition) is 4. The normalized spacial score (nSPS) is 12.6. The predicted molar refractivity (Wildman–Crippen MR) is 99.1 cm³/mol. The monoisotopic (exact) mass is 365 g/mol. The van der Waals surface area contributed by atoms with Gasteiger partial charge in [0.2, 0.25) is 5.91 Å². The molecule has 0 bridgehead atoms. The molecule has 4 N–H and O–H groups in total. The molecule has 3 amide bonds. The van der Waals surface area contributed by atoms with Gasteiger partial charge in [0.15, 0.2) is 13.1 Å². The van der Waals surface area contributed by atoms with Gasteiger partial charge in [0.25, 0.3) is 11.8 Å². The molecule has 0 saturated heterocycles. The van der Waals surface area contributed by atoms with Crippen LogP contribution in [0, 0.1) is 0 Å². The fourth-order valence-corrected chi connectivity index (χ4v) is 2.33. The number of benzene rings is 1. The van der Waals surface area contributed by atoms with Crippen LogP contribution in [-0.4, -0.2) is 57.1 Å². The number of carbonyl (C=O) groups is 3. The van der Waals surface area contributed by atoms with E-state index in [1.165, 1.54) is 0 Å². The average molecular weight is 365 g/mol. The van der Waals surface area contributed by atoms with E-state index in [0.717, 1.165) is 4.90 Å². The molecular weight excluding hydrogens is 336 g/mol. The molecule has 1 aromatic rings. The van der Waals surface area contributed by atoms with Crippen molar-refractivity contribution in [3.63, 3.8) is 0 Å². The summed E-state index contributed by atoms with van der Waals surface area (Å²) in [5.74, 6) is 0.0345. The van der Waals surface area contributed by atoms with Gasteiger partial charge in [-0.1, -0.05) is 0 Å². The van der Waals surface area contributed by atoms with Gasteiger partial charge in [-0.05, 0) is 45.0 Å². The first-order chi connectivity index (χ1) is 12.4. The first-order valence-corrected chi connectivity index (χ1v) is 8.74. The Kier molecular flexibility index (Phi) is 9.14. The SMILES string of the molecule is CCNC(=O)[C@@H](C)NC(=O)C[NH+](CC)CC(=O)Nc1ccc(OC)cc1. The lowest BCUT2D eigenvalue weighted by Crippen LogP contribution is -3.14. The van der Waals surface area contributed by atoms with Crippen molar-refractivity contribution >= 4 is 23.4 Å². The van der Waals surface area contributed by atoms with Gasteiger partial charge in [-0.2, -0.15) is 0 Å². The number of anilines is 1. The molecule has 0 fully saturated rings. The fourth-order valence-electron chi connectivity index (χ4n) is 2.33. The van der Waals surface area contributed by atoms with E-state index in [4.69, 9.17) is 4.74 Å². The average Bonchev–Trinajstić information content (AvgIpc) is 2.61. The molecule has 0 heterocycles. The van der Waals surface area contributed by atoms with Crippen LogP contribution in [0.3, 0.4) is 0 Å². The van der Waals surface area contributed by atoms with Gasteiger partial charge in [0.05, 0.1) is 13.7 Å². The maximum atomic E-state index is 12.2. The van der Waals surface area contributed by atoms with E-state index in [-0.39, 0.29) is 30.8 Å². The highest BCUT2D eigenvalue weighted by atomic mass is 16.5. The van der Waals surface area contributed by atoms with Crippen molar-refractivity contribution in [2.45, 2.75) is 26.8 Å². The van der Waals surface area contributed by atoms with Crippen molar-refractivity contribution in [2.75, 3.05) is 38.6 Å². The number of likely N-dealkylation sites (N-methyl/N-ethyl adjacent to an activating group) is 2. The van der Waals surface area contributed by atoms with Gasteiger partial charge in [0, 0.05) is 12.2 Å².